The van der Waals surface area contributed by atoms with Crippen molar-refractivity contribution < 1.29 is 27.1 Å². The smallest absolute Gasteiger partial charge is 0.416 e. The number of benzene rings is 1. The fourth-order valence-corrected chi connectivity index (χ4v) is 2.30. The van der Waals surface area contributed by atoms with Gasteiger partial charge in [0, 0.05) is 12.5 Å². The van der Waals surface area contributed by atoms with Gasteiger partial charge in [-0.25, -0.2) is 4.39 Å². The molecule has 0 amide bonds. The zero-order valence-corrected chi connectivity index (χ0v) is 14.0. The van der Waals surface area contributed by atoms with Crippen molar-refractivity contribution in [2.75, 3.05) is 13.7 Å². The van der Waals surface area contributed by atoms with E-state index in [0.29, 0.717) is 18.4 Å². The molecule has 7 heteroatoms. The van der Waals surface area contributed by atoms with E-state index in [1.54, 1.807) is 7.05 Å². The van der Waals surface area contributed by atoms with E-state index >= 15 is 0 Å². The van der Waals surface area contributed by atoms with E-state index in [2.05, 4.69) is 5.32 Å². The molecule has 0 aromatic heterocycles. The SMILES string of the molecule is CN[C@H](CC(C)C)C(=O)CCCOc1cc(F)cc(C(F)(F)F)c1. The summed E-state index contributed by atoms with van der Waals surface area (Å²) in [6, 6.07) is 1.82. The van der Waals surface area contributed by atoms with Gasteiger partial charge in [-0.05, 0) is 37.9 Å². The summed E-state index contributed by atoms with van der Waals surface area (Å²) >= 11 is 0. The van der Waals surface area contributed by atoms with Crippen molar-refractivity contribution >= 4 is 5.78 Å². The van der Waals surface area contributed by atoms with Crippen molar-refractivity contribution in [1.29, 1.82) is 0 Å². The number of alkyl halides is 3. The molecule has 0 fully saturated rings. The number of Topliss-reactive ketones (excluding diaryl/α,β-unsaturated/α-hetero) is 1. The van der Waals surface area contributed by atoms with Crippen LogP contribution in [-0.2, 0) is 11.0 Å². The second-order valence-electron chi connectivity index (χ2n) is 6.06. The number of carbonyl (C=O) groups is 1. The number of likely N-dealkylation sites (N-methyl/N-ethyl adjacent to an activating group) is 1. The fraction of sp³-hybridized carbons (Fsp3) is 0.588. The van der Waals surface area contributed by atoms with Gasteiger partial charge in [0.05, 0.1) is 18.2 Å². The Balaban J connectivity index is 2.51. The maximum absolute atomic E-state index is 13.2. The molecule has 0 saturated carbocycles. The molecule has 1 aromatic carbocycles. The molecule has 24 heavy (non-hydrogen) atoms. The molecule has 1 rings (SSSR count). The molecule has 3 nitrogen and oxygen atoms in total. The molecule has 0 aliphatic rings. The zero-order valence-electron chi connectivity index (χ0n) is 14.0. The van der Waals surface area contributed by atoms with Gasteiger partial charge in [-0.1, -0.05) is 13.8 Å². The van der Waals surface area contributed by atoms with Crippen LogP contribution >= 0.6 is 0 Å². The Kier molecular flexibility index (Phi) is 7.66. The van der Waals surface area contributed by atoms with Gasteiger partial charge in [-0.15, -0.1) is 0 Å². The Morgan fingerprint density at radius 3 is 2.46 bits per heavy atom. The van der Waals surface area contributed by atoms with Crippen molar-refractivity contribution in [3.63, 3.8) is 0 Å². The van der Waals surface area contributed by atoms with Crippen LogP contribution in [0, 0.1) is 11.7 Å². The molecule has 1 N–H and O–H groups in total. The molecule has 0 heterocycles. The summed E-state index contributed by atoms with van der Waals surface area (Å²) in [5.74, 6) is -0.800. The lowest BCUT2D eigenvalue weighted by molar-refractivity contribution is -0.137. The lowest BCUT2D eigenvalue weighted by atomic mass is 9.98. The van der Waals surface area contributed by atoms with E-state index in [-0.39, 0.29) is 30.6 Å². The normalized spacial score (nSPS) is 13.2. The third kappa shape index (κ3) is 6.86. The van der Waals surface area contributed by atoms with Crippen molar-refractivity contribution in [1.82, 2.24) is 5.32 Å². The second kappa shape index (κ2) is 9.01. The summed E-state index contributed by atoms with van der Waals surface area (Å²) in [7, 11) is 1.72. The summed E-state index contributed by atoms with van der Waals surface area (Å²) in [5, 5.41) is 2.96. The van der Waals surface area contributed by atoms with E-state index in [4.69, 9.17) is 4.74 Å². The quantitative estimate of drug-likeness (QED) is 0.536. The van der Waals surface area contributed by atoms with Crippen LogP contribution in [0.15, 0.2) is 18.2 Å². The Labute approximate surface area is 139 Å². The monoisotopic (exact) mass is 349 g/mol. The molecule has 0 bridgehead atoms. The number of ketones is 1. The van der Waals surface area contributed by atoms with E-state index in [1.807, 2.05) is 13.8 Å². The van der Waals surface area contributed by atoms with Crippen molar-refractivity contribution in [3.05, 3.63) is 29.6 Å². The summed E-state index contributed by atoms with van der Waals surface area (Å²) in [6.07, 6.45) is -3.31. The number of hydrogen-bond donors (Lipinski definition) is 1. The minimum Gasteiger partial charge on any atom is -0.493 e. The minimum atomic E-state index is -4.63. The Morgan fingerprint density at radius 2 is 1.92 bits per heavy atom. The van der Waals surface area contributed by atoms with Crippen LogP contribution in [0.4, 0.5) is 17.6 Å². The number of halogens is 4. The predicted molar refractivity (Wildman–Crippen MR) is 83.4 cm³/mol. The van der Waals surface area contributed by atoms with Crippen molar-refractivity contribution in [2.24, 2.45) is 5.92 Å². The lowest BCUT2D eigenvalue weighted by Crippen LogP contribution is -2.35. The van der Waals surface area contributed by atoms with Gasteiger partial charge in [0.25, 0.3) is 0 Å². The van der Waals surface area contributed by atoms with Crippen LogP contribution in [0.1, 0.15) is 38.7 Å². The standard InChI is InChI=1S/C17H23F4NO2/c1-11(2)7-15(22-3)16(23)5-4-6-24-14-9-12(17(19,20)21)8-13(18)10-14/h8-11,15,22H,4-7H2,1-3H3/t15-/m1/s1. The highest BCUT2D eigenvalue weighted by atomic mass is 19.4. The predicted octanol–water partition coefficient (Wildman–Crippen LogP) is 4.21. The first-order valence-corrected chi connectivity index (χ1v) is 7.84. The molecule has 1 aromatic rings. The highest BCUT2D eigenvalue weighted by Crippen LogP contribution is 2.32. The van der Waals surface area contributed by atoms with Crippen LogP contribution in [0.5, 0.6) is 5.75 Å². The van der Waals surface area contributed by atoms with E-state index in [0.717, 1.165) is 18.6 Å². The molecule has 136 valence electrons. The highest BCUT2D eigenvalue weighted by molar-refractivity contribution is 5.83. The highest BCUT2D eigenvalue weighted by Gasteiger charge is 2.31. The van der Waals surface area contributed by atoms with E-state index in [1.165, 1.54) is 0 Å². The van der Waals surface area contributed by atoms with Gasteiger partial charge in [0.1, 0.15) is 17.3 Å². The topological polar surface area (TPSA) is 38.3 Å². The van der Waals surface area contributed by atoms with Crippen LogP contribution < -0.4 is 10.1 Å². The molecule has 0 aliphatic carbocycles. The maximum atomic E-state index is 13.2. The molecule has 0 unspecified atom stereocenters. The molecular formula is C17H23F4NO2. The molecule has 0 aliphatic heterocycles. The van der Waals surface area contributed by atoms with Gasteiger partial charge >= 0.3 is 6.18 Å². The minimum absolute atomic E-state index is 0.0324. The Hall–Kier alpha value is -1.63. The van der Waals surface area contributed by atoms with Crippen LogP contribution in [-0.4, -0.2) is 25.5 Å². The number of nitrogens with one attached hydrogen (secondary N) is 1. The third-order valence-corrected chi connectivity index (χ3v) is 3.48. The van der Waals surface area contributed by atoms with Crippen molar-refractivity contribution in [3.8, 4) is 5.75 Å². The maximum Gasteiger partial charge on any atom is 0.416 e. The van der Waals surface area contributed by atoms with Crippen LogP contribution in [0.2, 0.25) is 0 Å². The Morgan fingerprint density at radius 1 is 1.25 bits per heavy atom. The molecule has 0 radical (unpaired) electrons. The van der Waals surface area contributed by atoms with Gasteiger partial charge in [-0.3, -0.25) is 4.79 Å². The lowest BCUT2D eigenvalue weighted by Gasteiger charge is -2.17. The number of rotatable bonds is 9. The average molecular weight is 349 g/mol. The first-order valence-electron chi connectivity index (χ1n) is 7.84. The third-order valence-electron chi connectivity index (χ3n) is 3.48. The number of hydrogen-bond acceptors (Lipinski definition) is 3. The van der Waals surface area contributed by atoms with Gasteiger partial charge in [0.15, 0.2) is 0 Å². The van der Waals surface area contributed by atoms with Gasteiger partial charge in [0.2, 0.25) is 0 Å². The zero-order chi connectivity index (χ0) is 18.3. The van der Waals surface area contributed by atoms with Gasteiger partial charge < -0.3 is 10.1 Å². The van der Waals surface area contributed by atoms with E-state index < -0.39 is 17.6 Å². The molecule has 0 saturated heterocycles. The Bertz CT molecular complexity index is 544. The van der Waals surface area contributed by atoms with Crippen LogP contribution in [0.25, 0.3) is 0 Å². The summed E-state index contributed by atoms with van der Waals surface area (Å²) in [5.41, 5.74) is -1.10. The van der Waals surface area contributed by atoms with E-state index in [9.17, 15) is 22.4 Å². The largest absolute Gasteiger partial charge is 0.493 e. The number of ether oxygens (including phenoxy) is 1. The molecular weight excluding hydrogens is 326 g/mol. The first kappa shape index (κ1) is 20.4. The molecule has 1 atom stereocenters. The summed E-state index contributed by atoms with van der Waals surface area (Å²) in [4.78, 5) is 12.0. The summed E-state index contributed by atoms with van der Waals surface area (Å²) < 4.78 is 56.2. The number of carbonyl (C=O) groups excluding carboxylic acids is 1. The average Bonchev–Trinajstić information content (AvgIpc) is 2.47. The first-order chi connectivity index (χ1) is 11.1. The molecule has 0 spiro atoms. The summed E-state index contributed by atoms with van der Waals surface area (Å²) in [6.45, 7) is 4.08. The van der Waals surface area contributed by atoms with Crippen molar-refractivity contribution in [2.45, 2.75) is 45.3 Å². The van der Waals surface area contributed by atoms with Crippen LogP contribution in [0.3, 0.4) is 0 Å². The second-order valence-corrected chi connectivity index (χ2v) is 6.06. The fourth-order valence-electron chi connectivity index (χ4n) is 2.30. The van der Waals surface area contributed by atoms with Gasteiger partial charge in [-0.2, -0.15) is 13.2 Å².